The van der Waals surface area contributed by atoms with Crippen LogP contribution in [0.5, 0.6) is 5.75 Å². The molecule has 3 aromatic rings. The summed E-state index contributed by atoms with van der Waals surface area (Å²) in [6.07, 6.45) is 0.727. The molecular weight excluding hydrogens is 562 g/mol. The lowest BCUT2D eigenvalue weighted by Crippen LogP contribution is -2.52. The molecule has 2 amide bonds. The first kappa shape index (κ1) is 32.0. The molecule has 0 saturated carbocycles. The predicted molar refractivity (Wildman–Crippen MR) is 163 cm³/mol. The molecule has 0 aliphatic rings. The molecule has 0 aromatic heterocycles. The highest BCUT2D eigenvalue weighted by Gasteiger charge is 2.32. The first-order chi connectivity index (χ1) is 19.5. The normalized spacial score (nSPS) is 12.7. The summed E-state index contributed by atoms with van der Waals surface area (Å²) in [6, 6.07) is 19.0. The Morgan fingerprint density at radius 3 is 2.10 bits per heavy atom. The summed E-state index contributed by atoms with van der Waals surface area (Å²) in [4.78, 5) is 28.5. The Morgan fingerprint density at radius 2 is 1.54 bits per heavy atom. The molecule has 0 saturated heterocycles. The van der Waals surface area contributed by atoms with Crippen LogP contribution < -0.4 is 14.4 Å². The zero-order valence-corrected chi connectivity index (χ0v) is 25.7. The number of ether oxygens (including phenoxy) is 1. The number of amides is 2. The number of hydrogen-bond donors (Lipinski definition) is 1. The van der Waals surface area contributed by atoms with Gasteiger partial charge < -0.3 is 15.0 Å². The highest BCUT2D eigenvalue weighted by atomic mass is 35.5. The number of anilines is 1. The minimum Gasteiger partial charge on any atom is -0.494 e. The molecule has 0 fully saturated rings. The molecule has 1 N–H and O–H groups in total. The Morgan fingerprint density at radius 1 is 0.927 bits per heavy atom. The monoisotopic (exact) mass is 599 g/mol. The Kier molecular flexibility index (Phi) is 11.2. The quantitative estimate of drug-likeness (QED) is 0.277. The van der Waals surface area contributed by atoms with Crippen LogP contribution in [0.2, 0.25) is 5.02 Å². The predicted octanol–water partition coefficient (Wildman–Crippen LogP) is 5.57. The summed E-state index contributed by atoms with van der Waals surface area (Å²) in [6.45, 7) is 9.26. The number of aryl methyl sites for hydroxylation is 1. The molecule has 10 heteroatoms. The van der Waals surface area contributed by atoms with Crippen molar-refractivity contribution >= 4 is 39.1 Å². The van der Waals surface area contributed by atoms with Gasteiger partial charge in [0.25, 0.3) is 10.0 Å². The fourth-order valence-corrected chi connectivity index (χ4v) is 5.62. The standard InChI is InChI=1S/C31H38ClN3O5S/c1-6-23(4)33-31(37)24(5)34(20-25-10-12-26(32)13-11-25)30(36)21-35(27-14-8-22(3)9-15-27)41(38,39)29-18-16-28(17-19-29)40-7-2/h8-19,23-24H,6-7,20-21H2,1-5H3,(H,33,37)/t23-,24+/m0/s1. The van der Waals surface area contributed by atoms with E-state index in [9.17, 15) is 18.0 Å². The van der Waals surface area contributed by atoms with E-state index >= 15 is 0 Å². The van der Waals surface area contributed by atoms with Crippen LogP contribution in [0.3, 0.4) is 0 Å². The van der Waals surface area contributed by atoms with Crippen molar-refractivity contribution in [1.82, 2.24) is 10.2 Å². The number of hydrogen-bond acceptors (Lipinski definition) is 5. The van der Waals surface area contributed by atoms with Crippen molar-refractivity contribution in [3.05, 3.63) is 88.9 Å². The number of carbonyl (C=O) groups is 2. The molecule has 0 bridgehead atoms. The highest BCUT2D eigenvalue weighted by molar-refractivity contribution is 7.92. The summed E-state index contributed by atoms with van der Waals surface area (Å²) in [7, 11) is -4.16. The Labute approximate surface area is 248 Å². The Balaban J connectivity index is 2.01. The largest absolute Gasteiger partial charge is 0.494 e. The SMILES string of the molecule is CCOc1ccc(S(=O)(=O)N(CC(=O)N(Cc2ccc(Cl)cc2)[C@H](C)C(=O)N[C@@H](C)CC)c2ccc(C)cc2)cc1. The van der Waals surface area contributed by atoms with Gasteiger partial charge in [-0.1, -0.05) is 48.4 Å². The fourth-order valence-electron chi connectivity index (χ4n) is 4.08. The molecule has 3 aromatic carbocycles. The summed E-state index contributed by atoms with van der Waals surface area (Å²) in [5, 5.41) is 3.47. The molecule has 41 heavy (non-hydrogen) atoms. The first-order valence-corrected chi connectivity index (χ1v) is 15.4. The van der Waals surface area contributed by atoms with Crippen molar-refractivity contribution in [2.45, 2.75) is 64.6 Å². The van der Waals surface area contributed by atoms with Crippen molar-refractivity contribution in [2.24, 2.45) is 0 Å². The minimum atomic E-state index is -4.16. The van der Waals surface area contributed by atoms with Crippen molar-refractivity contribution < 1.29 is 22.7 Å². The number of rotatable bonds is 13. The second-order valence-corrected chi connectivity index (χ2v) is 12.2. The van der Waals surface area contributed by atoms with Crippen LogP contribution in [0, 0.1) is 6.92 Å². The van der Waals surface area contributed by atoms with Crippen molar-refractivity contribution in [1.29, 1.82) is 0 Å². The van der Waals surface area contributed by atoms with E-state index < -0.39 is 28.5 Å². The smallest absolute Gasteiger partial charge is 0.264 e. The zero-order valence-electron chi connectivity index (χ0n) is 24.1. The molecule has 220 valence electrons. The number of nitrogens with zero attached hydrogens (tertiary/aromatic N) is 2. The van der Waals surface area contributed by atoms with Crippen LogP contribution in [0.25, 0.3) is 0 Å². The maximum atomic E-state index is 14.0. The molecule has 2 atom stereocenters. The van der Waals surface area contributed by atoms with Crippen molar-refractivity contribution in [3.8, 4) is 5.75 Å². The second-order valence-electron chi connectivity index (χ2n) is 9.89. The lowest BCUT2D eigenvalue weighted by Gasteiger charge is -2.32. The average molecular weight is 600 g/mol. The van der Waals surface area contributed by atoms with Gasteiger partial charge in [-0.3, -0.25) is 13.9 Å². The number of carbonyl (C=O) groups excluding carboxylic acids is 2. The van der Waals surface area contributed by atoms with Gasteiger partial charge in [0.2, 0.25) is 11.8 Å². The summed E-state index contributed by atoms with van der Waals surface area (Å²) >= 11 is 6.05. The first-order valence-electron chi connectivity index (χ1n) is 13.6. The van der Waals surface area contributed by atoms with Gasteiger partial charge in [0.15, 0.2) is 0 Å². The van der Waals surface area contributed by atoms with E-state index in [0.717, 1.165) is 21.9 Å². The number of halogens is 1. The van der Waals surface area contributed by atoms with Crippen LogP contribution in [-0.2, 0) is 26.2 Å². The van der Waals surface area contributed by atoms with Crippen molar-refractivity contribution in [3.63, 3.8) is 0 Å². The molecule has 8 nitrogen and oxygen atoms in total. The average Bonchev–Trinajstić information content (AvgIpc) is 2.96. The van der Waals surface area contributed by atoms with E-state index in [1.807, 2.05) is 27.7 Å². The summed E-state index contributed by atoms with van der Waals surface area (Å²) in [5.74, 6) is -0.306. The van der Waals surface area contributed by atoms with Gasteiger partial charge in [-0.2, -0.15) is 0 Å². The number of sulfonamides is 1. The Hall–Kier alpha value is -3.56. The lowest BCUT2D eigenvalue weighted by atomic mass is 10.1. The van der Waals surface area contributed by atoms with E-state index in [1.54, 1.807) is 67.6 Å². The van der Waals surface area contributed by atoms with Gasteiger partial charge in [0.05, 0.1) is 17.2 Å². The topological polar surface area (TPSA) is 96.0 Å². The van der Waals surface area contributed by atoms with E-state index in [2.05, 4.69) is 5.32 Å². The summed E-state index contributed by atoms with van der Waals surface area (Å²) < 4.78 is 34.4. The molecule has 0 unspecified atom stereocenters. The van der Waals surface area contributed by atoms with Crippen LogP contribution in [-0.4, -0.2) is 50.4 Å². The van der Waals surface area contributed by atoms with Gasteiger partial charge in [-0.05, 0) is 88.2 Å². The number of nitrogens with one attached hydrogen (secondary N) is 1. The summed E-state index contributed by atoms with van der Waals surface area (Å²) in [5.41, 5.74) is 2.03. The Bertz CT molecular complexity index is 1410. The highest BCUT2D eigenvalue weighted by Crippen LogP contribution is 2.26. The van der Waals surface area contributed by atoms with E-state index in [4.69, 9.17) is 16.3 Å². The van der Waals surface area contributed by atoms with Crippen molar-refractivity contribution in [2.75, 3.05) is 17.5 Å². The van der Waals surface area contributed by atoms with E-state index in [1.165, 1.54) is 17.0 Å². The second kappa shape index (κ2) is 14.4. The molecule has 0 heterocycles. The maximum absolute atomic E-state index is 14.0. The van der Waals surface area contributed by atoms with Gasteiger partial charge in [-0.15, -0.1) is 0 Å². The van der Waals surface area contributed by atoms with Gasteiger partial charge in [-0.25, -0.2) is 8.42 Å². The third kappa shape index (κ3) is 8.47. The van der Waals surface area contributed by atoms with Crippen LogP contribution in [0.4, 0.5) is 5.69 Å². The van der Waals surface area contributed by atoms with Gasteiger partial charge >= 0.3 is 0 Å². The molecule has 0 radical (unpaired) electrons. The molecule has 0 aliphatic heterocycles. The van der Waals surface area contributed by atoms with Crippen LogP contribution in [0.1, 0.15) is 45.2 Å². The molecule has 0 aliphatic carbocycles. The van der Waals surface area contributed by atoms with Gasteiger partial charge in [0.1, 0.15) is 18.3 Å². The molecular formula is C31H38ClN3O5S. The fraction of sp³-hybridized carbons (Fsp3) is 0.355. The molecule has 0 spiro atoms. The lowest BCUT2D eigenvalue weighted by molar-refractivity contribution is -0.139. The van der Waals surface area contributed by atoms with E-state index in [-0.39, 0.29) is 23.4 Å². The third-order valence-electron chi connectivity index (χ3n) is 6.76. The van der Waals surface area contributed by atoms with Crippen LogP contribution in [0.15, 0.2) is 77.7 Å². The van der Waals surface area contributed by atoms with E-state index in [0.29, 0.717) is 23.1 Å². The molecule has 3 rings (SSSR count). The van der Waals surface area contributed by atoms with Crippen LogP contribution >= 0.6 is 11.6 Å². The number of benzene rings is 3. The van der Waals surface area contributed by atoms with Gasteiger partial charge in [0, 0.05) is 17.6 Å². The maximum Gasteiger partial charge on any atom is 0.264 e. The third-order valence-corrected chi connectivity index (χ3v) is 8.80. The minimum absolute atomic E-state index is 0.0149. The zero-order chi connectivity index (χ0) is 30.2.